The summed E-state index contributed by atoms with van der Waals surface area (Å²) in [6.07, 6.45) is 1.07. The van der Waals surface area contributed by atoms with Crippen LogP contribution in [0.5, 0.6) is 17.2 Å². The molecular formula is C25H25N3O5. The summed E-state index contributed by atoms with van der Waals surface area (Å²) in [6, 6.07) is 22.0. The second-order valence-corrected chi connectivity index (χ2v) is 6.90. The van der Waals surface area contributed by atoms with E-state index in [1.54, 1.807) is 49.6 Å². The third-order valence-corrected chi connectivity index (χ3v) is 4.53. The van der Waals surface area contributed by atoms with Crippen LogP contribution in [0, 0.1) is 0 Å². The lowest BCUT2D eigenvalue weighted by Gasteiger charge is -2.11. The van der Waals surface area contributed by atoms with E-state index in [9.17, 15) is 9.59 Å². The molecule has 0 heterocycles. The summed E-state index contributed by atoms with van der Waals surface area (Å²) in [4.78, 5) is 24.1. The molecule has 0 atom stereocenters. The van der Waals surface area contributed by atoms with Crippen molar-refractivity contribution in [2.24, 2.45) is 5.10 Å². The summed E-state index contributed by atoms with van der Waals surface area (Å²) < 4.78 is 16.4. The predicted molar refractivity (Wildman–Crippen MR) is 126 cm³/mol. The molecular weight excluding hydrogens is 422 g/mol. The Hall–Kier alpha value is -4.33. The lowest BCUT2D eigenvalue weighted by molar-refractivity contribution is -0.126. The van der Waals surface area contributed by atoms with Gasteiger partial charge < -0.3 is 19.5 Å². The summed E-state index contributed by atoms with van der Waals surface area (Å²) in [7, 11) is 3.05. The molecule has 0 spiro atoms. The zero-order valence-electron chi connectivity index (χ0n) is 18.4. The van der Waals surface area contributed by atoms with Crippen molar-refractivity contribution in [3.8, 4) is 17.2 Å². The monoisotopic (exact) mass is 447 g/mol. The zero-order chi connectivity index (χ0) is 23.5. The smallest absolute Gasteiger partial charge is 0.249 e. The van der Waals surface area contributed by atoms with Crippen molar-refractivity contribution in [3.05, 3.63) is 83.9 Å². The van der Waals surface area contributed by atoms with E-state index in [1.165, 1.54) is 13.3 Å². The van der Waals surface area contributed by atoms with Crippen LogP contribution in [0.2, 0.25) is 0 Å². The number of hydrogen-bond donors (Lipinski definition) is 2. The average Bonchev–Trinajstić information content (AvgIpc) is 2.84. The van der Waals surface area contributed by atoms with Crippen LogP contribution in [-0.2, 0) is 16.2 Å². The summed E-state index contributed by atoms with van der Waals surface area (Å²) in [5.41, 5.74) is 4.57. The third-order valence-electron chi connectivity index (χ3n) is 4.53. The maximum absolute atomic E-state index is 12.1. The molecule has 0 aliphatic heterocycles. The van der Waals surface area contributed by atoms with Crippen LogP contribution in [0.15, 0.2) is 77.9 Å². The molecule has 33 heavy (non-hydrogen) atoms. The van der Waals surface area contributed by atoms with E-state index in [0.717, 1.165) is 5.56 Å². The molecule has 8 heteroatoms. The third kappa shape index (κ3) is 7.10. The molecule has 0 saturated heterocycles. The van der Waals surface area contributed by atoms with Crippen molar-refractivity contribution in [2.75, 3.05) is 19.5 Å². The molecule has 0 aliphatic rings. The zero-order valence-corrected chi connectivity index (χ0v) is 18.4. The Balaban J connectivity index is 1.51. The fourth-order valence-corrected chi connectivity index (χ4v) is 2.93. The summed E-state index contributed by atoms with van der Waals surface area (Å²) in [5, 5.41) is 6.55. The first-order valence-electron chi connectivity index (χ1n) is 10.2. The van der Waals surface area contributed by atoms with Gasteiger partial charge >= 0.3 is 0 Å². The van der Waals surface area contributed by atoms with Gasteiger partial charge in [0, 0.05) is 0 Å². The van der Waals surface area contributed by atoms with Gasteiger partial charge in [-0.3, -0.25) is 9.59 Å². The molecule has 0 saturated carbocycles. The molecule has 170 valence electrons. The fraction of sp³-hybridized carbons (Fsp3) is 0.160. The Morgan fingerprint density at radius 1 is 0.848 bits per heavy atom. The molecule has 0 fully saturated rings. The van der Waals surface area contributed by atoms with Crippen LogP contribution in [0.25, 0.3) is 0 Å². The molecule has 2 N–H and O–H groups in total. The van der Waals surface area contributed by atoms with E-state index in [-0.39, 0.29) is 6.42 Å². The Morgan fingerprint density at radius 3 is 2.33 bits per heavy atom. The number of amides is 2. The van der Waals surface area contributed by atoms with Gasteiger partial charge in [-0.05, 0) is 41.5 Å². The number of hydrazone groups is 1. The van der Waals surface area contributed by atoms with E-state index >= 15 is 0 Å². The summed E-state index contributed by atoms with van der Waals surface area (Å²) >= 11 is 0. The highest BCUT2D eigenvalue weighted by molar-refractivity contribution is 6.04. The van der Waals surface area contributed by atoms with Crippen LogP contribution in [0.4, 0.5) is 5.69 Å². The quantitative estimate of drug-likeness (QED) is 0.280. The minimum absolute atomic E-state index is 0.384. The van der Waals surface area contributed by atoms with E-state index < -0.39 is 11.8 Å². The van der Waals surface area contributed by atoms with Crippen LogP contribution in [-0.4, -0.2) is 32.2 Å². The van der Waals surface area contributed by atoms with Gasteiger partial charge in [0.2, 0.25) is 11.8 Å². The van der Waals surface area contributed by atoms with E-state index in [0.29, 0.717) is 35.1 Å². The van der Waals surface area contributed by atoms with Crippen molar-refractivity contribution in [1.82, 2.24) is 5.43 Å². The maximum Gasteiger partial charge on any atom is 0.249 e. The van der Waals surface area contributed by atoms with Gasteiger partial charge in [0.1, 0.15) is 18.8 Å². The Kier molecular flexibility index (Phi) is 8.41. The minimum Gasteiger partial charge on any atom is -0.495 e. The molecule has 0 unspecified atom stereocenters. The van der Waals surface area contributed by atoms with Crippen molar-refractivity contribution in [3.63, 3.8) is 0 Å². The van der Waals surface area contributed by atoms with Gasteiger partial charge in [-0.1, -0.05) is 42.5 Å². The van der Waals surface area contributed by atoms with E-state index in [1.807, 2.05) is 30.3 Å². The Labute approximate surface area is 192 Å². The van der Waals surface area contributed by atoms with Crippen LogP contribution < -0.4 is 25.0 Å². The Bertz CT molecular complexity index is 1120. The number of benzene rings is 3. The lowest BCUT2D eigenvalue weighted by atomic mass is 10.2. The topological polar surface area (TPSA) is 98.2 Å². The van der Waals surface area contributed by atoms with Gasteiger partial charge in [0.15, 0.2) is 11.5 Å². The van der Waals surface area contributed by atoms with Crippen molar-refractivity contribution in [2.45, 2.75) is 13.0 Å². The molecule has 0 radical (unpaired) electrons. The molecule has 8 nitrogen and oxygen atoms in total. The number of anilines is 1. The lowest BCUT2D eigenvalue weighted by Crippen LogP contribution is -2.24. The van der Waals surface area contributed by atoms with E-state index in [2.05, 4.69) is 15.8 Å². The first kappa shape index (κ1) is 23.3. The van der Waals surface area contributed by atoms with E-state index in [4.69, 9.17) is 14.2 Å². The van der Waals surface area contributed by atoms with Crippen molar-refractivity contribution >= 4 is 23.7 Å². The second kappa shape index (κ2) is 11.9. The van der Waals surface area contributed by atoms with Gasteiger partial charge in [0.05, 0.1) is 26.1 Å². The average molecular weight is 447 g/mol. The number of carbonyl (C=O) groups is 2. The molecule has 3 aromatic carbocycles. The molecule has 0 bridgehead atoms. The molecule has 3 aromatic rings. The number of nitrogens with zero attached hydrogens (tertiary/aromatic N) is 1. The number of nitrogens with one attached hydrogen (secondary N) is 2. The number of methoxy groups -OCH3 is 2. The first-order chi connectivity index (χ1) is 16.1. The number of ether oxygens (including phenoxy) is 3. The summed E-state index contributed by atoms with van der Waals surface area (Å²) in [6.45, 7) is 0.414. The first-order valence-corrected chi connectivity index (χ1v) is 10.2. The number of para-hydroxylation sites is 2. The van der Waals surface area contributed by atoms with Crippen molar-refractivity contribution in [1.29, 1.82) is 0 Å². The SMILES string of the molecule is COc1ccccc1NC(=O)CC(=O)NN=Cc1ccc(OCc2ccccc2)c(OC)c1. The van der Waals surface area contributed by atoms with Gasteiger partial charge in [-0.15, -0.1) is 0 Å². The normalized spacial score (nSPS) is 10.5. The van der Waals surface area contributed by atoms with Gasteiger partial charge in [0.25, 0.3) is 0 Å². The fourth-order valence-electron chi connectivity index (χ4n) is 2.93. The molecule has 0 aliphatic carbocycles. The minimum atomic E-state index is -0.548. The highest BCUT2D eigenvalue weighted by Crippen LogP contribution is 2.28. The molecule has 3 rings (SSSR count). The standard InChI is InChI=1S/C25H25N3O5/c1-31-21-11-7-6-10-20(21)27-24(29)15-25(30)28-26-16-19-12-13-22(23(14-19)32-2)33-17-18-8-4-3-5-9-18/h3-14,16H,15,17H2,1-2H3,(H,27,29)(H,28,30). The number of rotatable bonds is 10. The molecule has 2 amide bonds. The van der Waals surface area contributed by atoms with Crippen LogP contribution in [0.1, 0.15) is 17.5 Å². The number of hydrogen-bond acceptors (Lipinski definition) is 6. The highest BCUT2D eigenvalue weighted by atomic mass is 16.5. The second-order valence-electron chi connectivity index (χ2n) is 6.90. The van der Waals surface area contributed by atoms with Crippen LogP contribution >= 0.6 is 0 Å². The van der Waals surface area contributed by atoms with Crippen LogP contribution in [0.3, 0.4) is 0 Å². The highest BCUT2D eigenvalue weighted by Gasteiger charge is 2.11. The predicted octanol–water partition coefficient (Wildman–Crippen LogP) is 3.76. The largest absolute Gasteiger partial charge is 0.495 e. The summed E-state index contributed by atoms with van der Waals surface area (Å²) in [5.74, 6) is 0.615. The number of carbonyl (C=O) groups excluding carboxylic acids is 2. The molecule has 0 aromatic heterocycles. The Morgan fingerprint density at radius 2 is 1.58 bits per heavy atom. The maximum atomic E-state index is 12.1. The van der Waals surface area contributed by atoms with Gasteiger partial charge in [-0.25, -0.2) is 5.43 Å². The van der Waals surface area contributed by atoms with Gasteiger partial charge in [-0.2, -0.15) is 5.10 Å². The van der Waals surface area contributed by atoms with Crippen molar-refractivity contribution < 1.29 is 23.8 Å².